The second-order valence-electron chi connectivity index (χ2n) is 6.28. The predicted octanol–water partition coefficient (Wildman–Crippen LogP) is 3.28. The zero-order chi connectivity index (χ0) is 17.8. The monoisotopic (exact) mass is 347 g/mol. The summed E-state index contributed by atoms with van der Waals surface area (Å²) in [6.45, 7) is 3.35. The fraction of sp³-hybridized carbons (Fsp3) is 0.278. The van der Waals surface area contributed by atoms with Crippen LogP contribution in [0.25, 0.3) is 11.1 Å². The standard InChI is InChI=1S/C18H21NO4S/c1-18(2,12-11-17(20)21)19-24(22,23)16-10-6-9-15(13-16)14-7-4-3-5-8-14/h3-10,13,19H,11-12H2,1-2H3,(H,20,21). The highest BCUT2D eigenvalue weighted by atomic mass is 32.2. The normalized spacial score (nSPS) is 12.1. The molecule has 24 heavy (non-hydrogen) atoms. The number of sulfonamides is 1. The number of benzene rings is 2. The van der Waals surface area contributed by atoms with E-state index in [1.165, 1.54) is 6.07 Å². The van der Waals surface area contributed by atoms with Gasteiger partial charge in [0, 0.05) is 12.0 Å². The molecule has 0 radical (unpaired) electrons. The molecule has 0 atom stereocenters. The van der Waals surface area contributed by atoms with Crippen molar-refractivity contribution in [1.82, 2.24) is 4.72 Å². The molecule has 0 saturated heterocycles. The van der Waals surface area contributed by atoms with Crippen LogP contribution >= 0.6 is 0 Å². The molecule has 6 heteroatoms. The van der Waals surface area contributed by atoms with E-state index in [0.717, 1.165) is 11.1 Å². The first kappa shape index (κ1) is 18.2. The Morgan fingerprint density at radius 2 is 1.67 bits per heavy atom. The summed E-state index contributed by atoms with van der Waals surface area (Å²) >= 11 is 0. The van der Waals surface area contributed by atoms with Gasteiger partial charge in [-0.1, -0.05) is 42.5 Å². The summed E-state index contributed by atoms with van der Waals surface area (Å²) in [7, 11) is -3.74. The first-order valence-corrected chi connectivity index (χ1v) is 9.09. The lowest BCUT2D eigenvalue weighted by Crippen LogP contribution is -2.43. The van der Waals surface area contributed by atoms with Crippen LogP contribution in [0, 0.1) is 0 Å². The van der Waals surface area contributed by atoms with E-state index in [1.807, 2.05) is 36.4 Å². The Balaban J connectivity index is 2.25. The third-order valence-corrected chi connectivity index (χ3v) is 5.32. The average molecular weight is 347 g/mol. The van der Waals surface area contributed by atoms with E-state index in [0.29, 0.717) is 0 Å². The minimum absolute atomic E-state index is 0.0976. The van der Waals surface area contributed by atoms with Gasteiger partial charge in [-0.15, -0.1) is 0 Å². The molecule has 0 fully saturated rings. The molecule has 2 N–H and O–H groups in total. The van der Waals surface area contributed by atoms with Crippen LogP contribution in [0.3, 0.4) is 0 Å². The SMILES string of the molecule is CC(C)(CCC(=O)O)NS(=O)(=O)c1cccc(-c2ccccc2)c1. The average Bonchev–Trinajstić information content (AvgIpc) is 2.53. The number of hydrogen-bond donors (Lipinski definition) is 2. The molecule has 2 rings (SSSR count). The Kier molecular flexibility index (Phi) is 5.41. The van der Waals surface area contributed by atoms with Crippen molar-refractivity contribution in [3.63, 3.8) is 0 Å². The summed E-state index contributed by atoms with van der Waals surface area (Å²) in [6.07, 6.45) is 0.111. The molecule has 5 nitrogen and oxygen atoms in total. The Hall–Kier alpha value is -2.18. The van der Waals surface area contributed by atoms with Crippen molar-refractivity contribution in [3.8, 4) is 11.1 Å². The minimum Gasteiger partial charge on any atom is -0.481 e. The lowest BCUT2D eigenvalue weighted by Gasteiger charge is -2.25. The maximum Gasteiger partial charge on any atom is 0.303 e. The van der Waals surface area contributed by atoms with Crippen LogP contribution in [0.5, 0.6) is 0 Å². The largest absolute Gasteiger partial charge is 0.481 e. The number of carbonyl (C=O) groups is 1. The van der Waals surface area contributed by atoms with Crippen LogP contribution in [0.1, 0.15) is 26.7 Å². The van der Waals surface area contributed by atoms with E-state index < -0.39 is 21.5 Å². The van der Waals surface area contributed by atoms with E-state index in [2.05, 4.69) is 4.72 Å². The van der Waals surface area contributed by atoms with Gasteiger partial charge in [-0.3, -0.25) is 4.79 Å². The molecule has 0 heterocycles. The third-order valence-electron chi connectivity index (χ3n) is 3.63. The molecule has 0 spiro atoms. The molecule has 0 amide bonds. The molecule has 0 unspecified atom stereocenters. The predicted molar refractivity (Wildman–Crippen MR) is 93.1 cm³/mol. The van der Waals surface area contributed by atoms with Crippen molar-refractivity contribution < 1.29 is 18.3 Å². The fourth-order valence-electron chi connectivity index (χ4n) is 2.37. The van der Waals surface area contributed by atoms with Crippen LogP contribution in [-0.2, 0) is 14.8 Å². The van der Waals surface area contributed by atoms with Crippen molar-refractivity contribution in [1.29, 1.82) is 0 Å². The molecule has 128 valence electrons. The fourth-order valence-corrected chi connectivity index (χ4v) is 3.85. The first-order chi connectivity index (χ1) is 11.2. The molecule has 2 aromatic carbocycles. The van der Waals surface area contributed by atoms with Crippen molar-refractivity contribution >= 4 is 16.0 Å². The second kappa shape index (κ2) is 7.15. The van der Waals surface area contributed by atoms with E-state index >= 15 is 0 Å². The Morgan fingerprint density at radius 1 is 1.04 bits per heavy atom. The number of aliphatic carboxylic acids is 1. The van der Waals surface area contributed by atoms with Crippen LogP contribution in [0.15, 0.2) is 59.5 Å². The van der Waals surface area contributed by atoms with E-state index in [4.69, 9.17) is 5.11 Å². The Labute approximate surface area is 142 Å². The van der Waals surface area contributed by atoms with Crippen molar-refractivity contribution in [2.24, 2.45) is 0 Å². The molecule has 2 aromatic rings. The first-order valence-electron chi connectivity index (χ1n) is 7.61. The molecule has 0 aliphatic carbocycles. The maximum atomic E-state index is 12.6. The summed E-state index contributed by atoms with van der Waals surface area (Å²) in [5.74, 6) is -0.951. The minimum atomic E-state index is -3.74. The van der Waals surface area contributed by atoms with E-state index in [9.17, 15) is 13.2 Å². The topological polar surface area (TPSA) is 83.5 Å². The van der Waals surface area contributed by atoms with E-state index in [1.54, 1.807) is 26.0 Å². The number of rotatable bonds is 7. The van der Waals surface area contributed by atoms with Gasteiger partial charge in [0.2, 0.25) is 10.0 Å². The Bertz CT molecular complexity index is 814. The molecular weight excluding hydrogens is 326 g/mol. The van der Waals surface area contributed by atoms with Gasteiger partial charge in [0.1, 0.15) is 0 Å². The van der Waals surface area contributed by atoms with Crippen LogP contribution < -0.4 is 4.72 Å². The second-order valence-corrected chi connectivity index (χ2v) is 7.96. The lowest BCUT2D eigenvalue weighted by molar-refractivity contribution is -0.137. The maximum absolute atomic E-state index is 12.6. The van der Waals surface area contributed by atoms with Gasteiger partial charge in [0.25, 0.3) is 0 Å². The van der Waals surface area contributed by atoms with Gasteiger partial charge in [0.15, 0.2) is 0 Å². The van der Waals surface area contributed by atoms with Crippen molar-refractivity contribution in [2.75, 3.05) is 0 Å². The van der Waals surface area contributed by atoms with Gasteiger partial charge in [0.05, 0.1) is 4.90 Å². The molecule has 0 bridgehead atoms. The zero-order valence-electron chi connectivity index (χ0n) is 13.7. The highest BCUT2D eigenvalue weighted by Crippen LogP contribution is 2.23. The quantitative estimate of drug-likeness (QED) is 0.805. The van der Waals surface area contributed by atoms with Crippen LogP contribution in [-0.4, -0.2) is 25.0 Å². The zero-order valence-corrected chi connectivity index (χ0v) is 14.5. The van der Waals surface area contributed by atoms with Gasteiger partial charge in [-0.2, -0.15) is 0 Å². The summed E-state index contributed by atoms with van der Waals surface area (Å²) in [6, 6.07) is 16.2. The molecule has 0 aliphatic rings. The summed E-state index contributed by atoms with van der Waals surface area (Å²) in [5.41, 5.74) is 0.890. The third kappa shape index (κ3) is 4.91. The number of hydrogen-bond acceptors (Lipinski definition) is 3. The van der Waals surface area contributed by atoms with Crippen molar-refractivity contribution in [3.05, 3.63) is 54.6 Å². The highest BCUT2D eigenvalue weighted by Gasteiger charge is 2.27. The van der Waals surface area contributed by atoms with Crippen LogP contribution in [0.4, 0.5) is 0 Å². The number of carboxylic acids is 1. The molecule has 0 aromatic heterocycles. The summed E-state index contributed by atoms with van der Waals surface area (Å²) < 4.78 is 27.8. The van der Waals surface area contributed by atoms with E-state index in [-0.39, 0.29) is 17.7 Å². The van der Waals surface area contributed by atoms with Gasteiger partial charge < -0.3 is 5.11 Å². The van der Waals surface area contributed by atoms with Gasteiger partial charge in [-0.05, 0) is 43.5 Å². The lowest BCUT2D eigenvalue weighted by atomic mass is 10.0. The summed E-state index contributed by atoms with van der Waals surface area (Å²) in [4.78, 5) is 10.9. The van der Waals surface area contributed by atoms with Crippen molar-refractivity contribution in [2.45, 2.75) is 37.1 Å². The summed E-state index contributed by atoms with van der Waals surface area (Å²) in [5, 5.41) is 8.78. The molecule has 0 saturated carbocycles. The van der Waals surface area contributed by atoms with Gasteiger partial charge in [-0.25, -0.2) is 13.1 Å². The number of nitrogens with one attached hydrogen (secondary N) is 1. The smallest absolute Gasteiger partial charge is 0.303 e. The van der Waals surface area contributed by atoms with Crippen LogP contribution in [0.2, 0.25) is 0 Å². The molecular formula is C18H21NO4S. The Morgan fingerprint density at radius 3 is 2.29 bits per heavy atom. The molecule has 0 aliphatic heterocycles. The highest BCUT2D eigenvalue weighted by molar-refractivity contribution is 7.89. The van der Waals surface area contributed by atoms with Gasteiger partial charge >= 0.3 is 5.97 Å². The number of carboxylic acid groups (broad SMARTS) is 1.